The van der Waals surface area contributed by atoms with E-state index in [4.69, 9.17) is 16.3 Å². The third kappa shape index (κ3) is 4.04. The lowest BCUT2D eigenvalue weighted by atomic mass is 10.1. The Kier molecular flexibility index (Phi) is 5.23. The summed E-state index contributed by atoms with van der Waals surface area (Å²) in [7, 11) is 2.07. The van der Waals surface area contributed by atoms with Gasteiger partial charge in [0, 0.05) is 41.8 Å². The van der Waals surface area contributed by atoms with Gasteiger partial charge in [0.25, 0.3) is 0 Å². The lowest BCUT2D eigenvalue weighted by molar-refractivity contribution is 0.192. The third-order valence-electron chi connectivity index (χ3n) is 5.01. The van der Waals surface area contributed by atoms with Crippen LogP contribution >= 0.6 is 11.6 Å². The van der Waals surface area contributed by atoms with Crippen molar-refractivity contribution in [3.05, 3.63) is 59.0 Å². The molecule has 2 aromatic carbocycles. The van der Waals surface area contributed by atoms with Crippen LogP contribution in [0.4, 0.5) is 10.1 Å². The highest BCUT2D eigenvalue weighted by Crippen LogP contribution is 2.34. The molecule has 27 heavy (non-hydrogen) atoms. The van der Waals surface area contributed by atoms with E-state index in [0.29, 0.717) is 5.02 Å². The lowest BCUT2D eigenvalue weighted by Crippen LogP contribution is -2.43. The van der Waals surface area contributed by atoms with E-state index in [-0.39, 0.29) is 11.9 Å². The molecular formula is C21H23ClFN3O. The minimum Gasteiger partial charge on any atom is -0.485 e. The summed E-state index contributed by atoms with van der Waals surface area (Å²) >= 11 is 6.08. The van der Waals surface area contributed by atoms with Crippen molar-refractivity contribution in [2.45, 2.75) is 18.9 Å². The van der Waals surface area contributed by atoms with Gasteiger partial charge in [-0.05, 0) is 55.3 Å². The molecule has 0 radical (unpaired) electrons. The predicted molar refractivity (Wildman–Crippen MR) is 109 cm³/mol. The molecule has 4 nitrogen and oxygen atoms in total. The number of benzene rings is 2. The number of hydrogen-bond acceptors (Lipinski definition) is 3. The van der Waals surface area contributed by atoms with Crippen LogP contribution < -0.4 is 15.0 Å². The van der Waals surface area contributed by atoms with E-state index in [2.05, 4.69) is 22.2 Å². The first kappa shape index (κ1) is 18.1. The van der Waals surface area contributed by atoms with Crippen molar-refractivity contribution in [2.24, 2.45) is 0 Å². The van der Waals surface area contributed by atoms with E-state index in [1.54, 1.807) is 12.1 Å². The molecule has 0 saturated carbocycles. The SMILES string of the molecule is CN1CC(CNCCCc2c[nH]c3ccc(F)cc23)Oc2cc(Cl)ccc21. The van der Waals surface area contributed by atoms with Gasteiger partial charge in [-0.15, -0.1) is 0 Å². The van der Waals surface area contributed by atoms with Gasteiger partial charge in [-0.1, -0.05) is 11.6 Å². The lowest BCUT2D eigenvalue weighted by Gasteiger charge is -2.34. The van der Waals surface area contributed by atoms with Crippen LogP contribution in [0.2, 0.25) is 5.02 Å². The van der Waals surface area contributed by atoms with Crippen LogP contribution in [0.25, 0.3) is 10.9 Å². The van der Waals surface area contributed by atoms with E-state index in [0.717, 1.165) is 60.4 Å². The van der Waals surface area contributed by atoms with E-state index in [1.165, 1.54) is 6.07 Å². The Labute approximate surface area is 163 Å². The molecule has 0 aliphatic carbocycles. The van der Waals surface area contributed by atoms with E-state index in [9.17, 15) is 4.39 Å². The molecule has 2 heterocycles. The van der Waals surface area contributed by atoms with Crippen molar-refractivity contribution in [3.63, 3.8) is 0 Å². The topological polar surface area (TPSA) is 40.3 Å². The third-order valence-corrected chi connectivity index (χ3v) is 5.24. The number of rotatable bonds is 6. The average molecular weight is 388 g/mol. The summed E-state index contributed by atoms with van der Waals surface area (Å²) in [6, 6.07) is 10.6. The molecule has 0 bridgehead atoms. The van der Waals surface area contributed by atoms with Crippen molar-refractivity contribution in [3.8, 4) is 5.75 Å². The maximum Gasteiger partial charge on any atom is 0.144 e. The normalized spacial score (nSPS) is 16.4. The average Bonchev–Trinajstić information content (AvgIpc) is 3.03. The molecule has 0 spiro atoms. The second-order valence-electron chi connectivity index (χ2n) is 7.04. The molecule has 1 aromatic heterocycles. The molecule has 0 fully saturated rings. The van der Waals surface area contributed by atoms with Gasteiger partial charge in [-0.25, -0.2) is 4.39 Å². The number of nitrogens with one attached hydrogen (secondary N) is 2. The standard InChI is InChI=1S/C21H23ClFN3O/c1-26-13-17(27-21-9-15(22)4-7-20(21)26)12-24-8-2-3-14-11-25-19-6-5-16(23)10-18(14)19/h4-7,9-11,17,24-25H,2-3,8,12-13H2,1H3. The van der Waals surface area contributed by atoms with Gasteiger partial charge < -0.3 is 19.9 Å². The summed E-state index contributed by atoms with van der Waals surface area (Å²) < 4.78 is 19.5. The number of aromatic nitrogens is 1. The molecule has 0 amide bonds. The van der Waals surface area contributed by atoms with Gasteiger partial charge in [0.1, 0.15) is 17.7 Å². The number of aryl methyl sites for hydroxylation is 1. The first-order valence-corrected chi connectivity index (χ1v) is 9.61. The monoisotopic (exact) mass is 387 g/mol. The number of likely N-dealkylation sites (N-methyl/N-ethyl adjacent to an activating group) is 1. The zero-order valence-corrected chi connectivity index (χ0v) is 16.0. The van der Waals surface area contributed by atoms with Gasteiger partial charge in [0.05, 0.1) is 12.2 Å². The molecule has 142 valence electrons. The van der Waals surface area contributed by atoms with Crippen molar-refractivity contribution in [1.82, 2.24) is 10.3 Å². The predicted octanol–water partition coefficient (Wildman–Crippen LogP) is 4.38. The Morgan fingerprint density at radius 1 is 1.30 bits per heavy atom. The van der Waals surface area contributed by atoms with Crippen LogP contribution in [-0.4, -0.2) is 37.8 Å². The minimum absolute atomic E-state index is 0.0863. The quantitative estimate of drug-likeness (QED) is 0.616. The second-order valence-corrected chi connectivity index (χ2v) is 7.48. The molecule has 1 unspecified atom stereocenters. The molecule has 0 saturated heterocycles. The van der Waals surface area contributed by atoms with Gasteiger partial charge in [-0.3, -0.25) is 0 Å². The van der Waals surface area contributed by atoms with Gasteiger partial charge in [0.15, 0.2) is 0 Å². The van der Waals surface area contributed by atoms with Crippen LogP contribution in [0.1, 0.15) is 12.0 Å². The summed E-state index contributed by atoms with van der Waals surface area (Å²) in [5, 5.41) is 5.13. The smallest absolute Gasteiger partial charge is 0.144 e. The molecule has 4 rings (SSSR count). The maximum absolute atomic E-state index is 13.5. The van der Waals surface area contributed by atoms with Crippen LogP contribution in [0.15, 0.2) is 42.6 Å². The van der Waals surface area contributed by atoms with Crippen molar-refractivity contribution < 1.29 is 9.13 Å². The first-order chi connectivity index (χ1) is 13.1. The molecule has 2 N–H and O–H groups in total. The fraction of sp³-hybridized carbons (Fsp3) is 0.333. The summed E-state index contributed by atoms with van der Waals surface area (Å²) in [5.41, 5.74) is 3.21. The Morgan fingerprint density at radius 3 is 3.07 bits per heavy atom. The molecular weight excluding hydrogens is 365 g/mol. The van der Waals surface area contributed by atoms with Gasteiger partial charge >= 0.3 is 0 Å². The fourth-order valence-electron chi connectivity index (χ4n) is 3.65. The van der Waals surface area contributed by atoms with E-state index >= 15 is 0 Å². The number of hydrogen-bond donors (Lipinski definition) is 2. The number of H-pyrrole nitrogens is 1. The molecule has 1 atom stereocenters. The largest absolute Gasteiger partial charge is 0.485 e. The zero-order valence-electron chi connectivity index (χ0n) is 15.3. The van der Waals surface area contributed by atoms with E-state index in [1.807, 2.05) is 24.4 Å². The van der Waals surface area contributed by atoms with Crippen LogP contribution in [-0.2, 0) is 6.42 Å². The summed E-state index contributed by atoms with van der Waals surface area (Å²) in [5.74, 6) is 0.643. The molecule has 1 aliphatic rings. The van der Waals surface area contributed by atoms with Crippen molar-refractivity contribution in [1.29, 1.82) is 0 Å². The van der Waals surface area contributed by atoms with E-state index < -0.39 is 0 Å². The zero-order chi connectivity index (χ0) is 18.8. The molecule has 1 aliphatic heterocycles. The Balaban J connectivity index is 1.26. The summed E-state index contributed by atoms with van der Waals surface area (Å²) in [6.45, 7) is 2.50. The maximum atomic E-state index is 13.5. The Hall–Kier alpha value is -2.24. The second kappa shape index (κ2) is 7.79. The molecule has 6 heteroatoms. The van der Waals surface area contributed by atoms with Crippen molar-refractivity contribution in [2.75, 3.05) is 31.6 Å². The number of ether oxygens (including phenoxy) is 1. The number of aromatic amines is 1. The highest BCUT2D eigenvalue weighted by atomic mass is 35.5. The van der Waals surface area contributed by atoms with Crippen LogP contribution in [0.3, 0.4) is 0 Å². The fourth-order valence-corrected chi connectivity index (χ4v) is 3.81. The number of anilines is 1. The number of fused-ring (bicyclic) bond motifs is 2. The summed E-state index contributed by atoms with van der Waals surface area (Å²) in [6.07, 6.45) is 3.95. The molecule has 3 aromatic rings. The van der Waals surface area contributed by atoms with Gasteiger partial charge in [0.2, 0.25) is 0 Å². The summed E-state index contributed by atoms with van der Waals surface area (Å²) in [4.78, 5) is 5.40. The first-order valence-electron chi connectivity index (χ1n) is 9.24. The highest BCUT2D eigenvalue weighted by molar-refractivity contribution is 6.30. The highest BCUT2D eigenvalue weighted by Gasteiger charge is 2.23. The Bertz CT molecular complexity index is 942. The van der Waals surface area contributed by atoms with Gasteiger partial charge in [-0.2, -0.15) is 0 Å². The Morgan fingerprint density at radius 2 is 2.19 bits per heavy atom. The van der Waals surface area contributed by atoms with Crippen LogP contribution in [0, 0.1) is 5.82 Å². The number of halogens is 2. The number of nitrogens with zero attached hydrogens (tertiary/aromatic N) is 1. The minimum atomic E-state index is -0.194. The van der Waals surface area contributed by atoms with Crippen molar-refractivity contribution >= 4 is 28.2 Å². The van der Waals surface area contributed by atoms with Crippen LogP contribution in [0.5, 0.6) is 5.75 Å².